The number of aromatic nitrogens is 2. The fourth-order valence-corrected chi connectivity index (χ4v) is 3.73. The van der Waals surface area contributed by atoms with Gasteiger partial charge in [0.15, 0.2) is 5.82 Å². The second-order valence-corrected chi connectivity index (χ2v) is 9.65. The second kappa shape index (κ2) is 11.3. The largest absolute Gasteiger partial charge is 0.379 e. The van der Waals surface area contributed by atoms with E-state index in [1.54, 1.807) is 6.07 Å². The van der Waals surface area contributed by atoms with E-state index >= 15 is 0 Å². The summed E-state index contributed by atoms with van der Waals surface area (Å²) in [4.78, 5) is 19.3. The van der Waals surface area contributed by atoms with Crippen LogP contribution in [0.2, 0.25) is 0 Å². The van der Waals surface area contributed by atoms with Crippen LogP contribution in [-0.2, 0) is 10.2 Å². The Morgan fingerprint density at radius 3 is 2.40 bits per heavy atom. The Hall–Kier alpha value is -3.43. The van der Waals surface area contributed by atoms with Crippen LogP contribution in [0, 0.1) is 0 Å². The zero-order valence-electron chi connectivity index (χ0n) is 20.6. The molecule has 35 heavy (non-hydrogen) atoms. The van der Waals surface area contributed by atoms with E-state index in [4.69, 9.17) is 9.26 Å². The molecule has 0 saturated carbocycles. The van der Waals surface area contributed by atoms with Gasteiger partial charge in [0.25, 0.3) is 0 Å². The van der Waals surface area contributed by atoms with Gasteiger partial charge in [-0.2, -0.15) is 0 Å². The Bertz CT molecular complexity index is 1080. The van der Waals surface area contributed by atoms with Crippen molar-refractivity contribution < 1.29 is 14.1 Å². The molecule has 2 amide bonds. The Kier molecular flexibility index (Phi) is 7.99. The lowest BCUT2D eigenvalue weighted by Gasteiger charge is -2.26. The molecule has 3 aromatic rings. The van der Waals surface area contributed by atoms with E-state index in [0.29, 0.717) is 17.3 Å². The standard InChI is InChI=1S/C26H34N6O3/c1-26(2,3)22-17-24(31-35-22)30-25(33)29-21-8-5-19(6-9-21)20-7-10-23(28-18-20)27-11-4-12-32-13-15-34-16-14-32/h5-10,17-18H,4,11-16H2,1-3H3,(H,27,28)(H2,29,30,31,33). The normalized spacial score (nSPS) is 14.5. The second-order valence-electron chi connectivity index (χ2n) is 9.65. The van der Waals surface area contributed by atoms with Crippen molar-refractivity contribution in [3.8, 4) is 11.1 Å². The lowest BCUT2D eigenvalue weighted by Crippen LogP contribution is -2.37. The molecular weight excluding hydrogens is 444 g/mol. The van der Waals surface area contributed by atoms with Gasteiger partial charge in [-0.15, -0.1) is 0 Å². The number of benzene rings is 1. The average Bonchev–Trinajstić information content (AvgIpc) is 3.32. The molecule has 1 aliphatic heterocycles. The lowest BCUT2D eigenvalue weighted by molar-refractivity contribution is 0.0378. The van der Waals surface area contributed by atoms with Crippen LogP contribution < -0.4 is 16.0 Å². The maximum atomic E-state index is 12.3. The maximum absolute atomic E-state index is 12.3. The first-order valence-corrected chi connectivity index (χ1v) is 12.0. The van der Waals surface area contributed by atoms with E-state index in [1.165, 1.54) is 0 Å². The Labute approximate surface area is 206 Å². The summed E-state index contributed by atoms with van der Waals surface area (Å²) in [7, 11) is 0. The average molecular weight is 479 g/mol. The van der Waals surface area contributed by atoms with Crippen LogP contribution in [0.1, 0.15) is 33.0 Å². The van der Waals surface area contributed by atoms with Gasteiger partial charge in [0.05, 0.1) is 13.2 Å². The summed E-state index contributed by atoms with van der Waals surface area (Å²) in [6, 6.07) is 13.0. The highest BCUT2D eigenvalue weighted by Crippen LogP contribution is 2.25. The van der Waals surface area contributed by atoms with E-state index < -0.39 is 0 Å². The summed E-state index contributed by atoms with van der Waals surface area (Å²) in [6.07, 6.45) is 2.93. The number of nitrogens with one attached hydrogen (secondary N) is 3. The first-order valence-electron chi connectivity index (χ1n) is 12.0. The molecule has 0 spiro atoms. The molecule has 0 bridgehead atoms. The van der Waals surface area contributed by atoms with Crippen molar-refractivity contribution >= 4 is 23.4 Å². The first-order chi connectivity index (χ1) is 16.9. The third kappa shape index (κ3) is 7.27. The predicted molar refractivity (Wildman–Crippen MR) is 138 cm³/mol. The van der Waals surface area contributed by atoms with Gasteiger partial charge in [0.2, 0.25) is 0 Å². The number of anilines is 3. The summed E-state index contributed by atoms with van der Waals surface area (Å²) in [6.45, 7) is 11.7. The molecule has 1 saturated heterocycles. The number of carbonyl (C=O) groups is 1. The SMILES string of the molecule is CC(C)(C)c1cc(NC(=O)Nc2ccc(-c3ccc(NCCCN4CCOCC4)nc3)cc2)no1. The number of hydrogen-bond donors (Lipinski definition) is 3. The molecule has 3 N–H and O–H groups in total. The fourth-order valence-electron chi connectivity index (χ4n) is 3.73. The number of carbonyl (C=O) groups excluding carboxylic acids is 1. The molecule has 3 heterocycles. The molecule has 9 nitrogen and oxygen atoms in total. The summed E-state index contributed by atoms with van der Waals surface area (Å²) in [5.41, 5.74) is 2.54. The Morgan fingerprint density at radius 1 is 1.00 bits per heavy atom. The van der Waals surface area contributed by atoms with Crippen molar-refractivity contribution in [2.75, 3.05) is 55.3 Å². The van der Waals surface area contributed by atoms with Gasteiger partial charge in [0.1, 0.15) is 11.6 Å². The lowest BCUT2D eigenvalue weighted by atomic mass is 9.93. The van der Waals surface area contributed by atoms with Crippen LogP contribution in [-0.4, -0.2) is 60.5 Å². The van der Waals surface area contributed by atoms with Crippen molar-refractivity contribution in [2.45, 2.75) is 32.6 Å². The van der Waals surface area contributed by atoms with Crippen molar-refractivity contribution in [2.24, 2.45) is 0 Å². The number of pyridine rings is 1. The van der Waals surface area contributed by atoms with Gasteiger partial charge in [-0.25, -0.2) is 9.78 Å². The monoisotopic (exact) mass is 478 g/mol. The highest BCUT2D eigenvalue weighted by atomic mass is 16.5. The summed E-state index contributed by atoms with van der Waals surface area (Å²) < 4.78 is 10.7. The van der Waals surface area contributed by atoms with Gasteiger partial charge in [-0.1, -0.05) is 38.1 Å². The van der Waals surface area contributed by atoms with Gasteiger partial charge in [-0.05, 0) is 42.8 Å². The van der Waals surface area contributed by atoms with Gasteiger partial charge in [-0.3, -0.25) is 10.2 Å². The van der Waals surface area contributed by atoms with Crippen LogP contribution in [0.5, 0.6) is 0 Å². The quantitative estimate of drug-likeness (QED) is 0.399. The molecule has 2 aromatic heterocycles. The van der Waals surface area contributed by atoms with Crippen LogP contribution in [0.15, 0.2) is 53.2 Å². The van der Waals surface area contributed by atoms with Gasteiger partial charge >= 0.3 is 6.03 Å². The van der Waals surface area contributed by atoms with Crippen LogP contribution in [0.25, 0.3) is 11.1 Å². The number of morpholine rings is 1. The minimum absolute atomic E-state index is 0.175. The van der Waals surface area contributed by atoms with Crippen LogP contribution >= 0.6 is 0 Å². The van der Waals surface area contributed by atoms with E-state index in [9.17, 15) is 4.79 Å². The van der Waals surface area contributed by atoms with E-state index in [0.717, 1.165) is 62.8 Å². The topological polar surface area (TPSA) is 105 Å². The van der Waals surface area contributed by atoms with E-state index in [2.05, 4.69) is 31.0 Å². The predicted octanol–water partition coefficient (Wildman–Crippen LogP) is 4.81. The summed E-state index contributed by atoms with van der Waals surface area (Å²) in [5.74, 6) is 1.96. The zero-order valence-corrected chi connectivity index (χ0v) is 20.6. The van der Waals surface area contributed by atoms with Crippen LogP contribution in [0.4, 0.5) is 22.1 Å². The molecule has 1 fully saturated rings. The molecule has 186 valence electrons. The van der Waals surface area contributed by atoms with Crippen molar-refractivity contribution in [3.63, 3.8) is 0 Å². The first kappa shape index (κ1) is 24.7. The van der Waals surface area contributed by atoms with Gasteiger partial charge in [0, 0.05) is 48.6 Å². The summed E-state index contributed by atoms with van der Waals surface area (Å²) in [5, 5.41) is 12.8. The number of rotatable bonds is 8. The molecule has 1 aliphatic rings. The third-order valence-corrected chi connectivity index (χ3v) is 5.79. The zero-order chi connectivity index (χ0) is 24.7. The Balaban J connectivity index is 1.23. The van der Waals surface area contributed by atoms with Crippen molar-refractivity contribution in [1.29, 1.82) is 0 Å². The smallest absolute Gasteiger partial charge is 0.324 e. The Morgan fingerprint density at radius 2 is 1.74 bits per heavy atom. The van der Waals surface area contributed by atoms with Crippen LogP contribution in [0.3, 0.4) is 0 Å². The third-order valence-electron chi connectivity index (χ3n) is 5.79. The molecule has 1 aromatic carbocycles. The van der Waals surface area contributed by atoms with E-state index in [1.807, 2.05) is 63.4 Å². The van der Waals surface area contributed by atoms with Crippen molar-refractivity contribution in [1.82, 2.24) is 15.0 Å². The van der Waals surface area contributed by atoms with Gasteiger partial charge < -0.3 is 19.9 Å². The molecule has 0 atom stereocenters. The molecule has 0 unspecified atom stereocenters. The summed E-state index contributed by atoms with van der Waals surface area (Å²) >= 11 is 0. The number of nitrogens with zero attached hydrogens (tertiary/aromatic N) is 3. The number of hydrogen-bond acceptors (Lipinski definition) is 7. The number of urea groups is 1. The number of amides is 2. The molecule has 0 aliphatic carbocycles. The maximum Gasteiger partial charge on any atom is 0.324 e. The number of ether oxygens (including phenoxy) is 1. The fraction of sp³-hybridized carbons (Fsp3) is 0.423. The molecule has 4 rings (SSSR count). The van der Waals surface area contributed by atoms with Crippen molar-refractivity contribution in [3.05, 3.63) is 54.4 Å². The molecular formula is C26H34N6O3. The highest BCUT2D eigenvalue weighted by molar-refractivity contribution is 5.99. The molecule has 9 heteroatoms. The highest BCUT2D eigenvalue weighted by Gasteiger charge is 2.20. The molecule has 0 radical (unpaired) electrons. The van der Waals surface area contributed by atoms with E-state index in [-0.39, 0.29) is 11.4 Å². The minimum Gasteiger partial charge on any atom is -0.379 e. The minimum atomic E-state index is -0.378.